The summed E-state index contributed by atoms with van der Waals surface area (Å²) in [5.74, 6) is -1.73. The van der Waals surface area contributed by atoms with Crippen LogP contribution >= 0.6 is 15.9 Å². The lowest BCUT2D eigenvalue weighted by molar-refractivity contribution is -0.123. The number of hydrogen-bond donors (Lipinski definition) is 1. The molecule has 1 fully saturated rings. The lowest BCUT2D eigenvalue weighted by Crippen LogP contribution is -2.48. The molecular formula is C14H16BrFN2O2. The molecule has 6 heteroatoms. The average molecular weight is 343 g/mol. The van der Waals surface area contributed by atoms with Crippen LogP contribution in [0.4, 0.5) is 4.39 Å². The van der Waals surface area contributed by atoms with Crippen molar-refractivity contribution in [2.45, 2.75) is 25.8 Å². The van der Waals surface area contributed by atoms with E-state index in [1.165, 1.54) is 23.1 Å². The Morgan fingerprint density at radius 2 is 2.10 bits per heavy atom. The van der Waals surface area contributed by atoms with Gasteiger partial charge in [0.1, 0.15) is 5.82 Å². The highest BCUT2D eigenvalue weighted by Crippen LogP contribution is 2.25. The van der Waals surface area contributed by atoms with Crippen molar-refractivity contribution in [1.29, 1.82) is 0 Å². The zero-order valence-corrected chi connectivity index (χ0v) is 12.7. The molecule has 1 aromatic rings. The van der Waals surface area contributed by atoms with Crippen LogP contribution in [-0.4, -0.2) is 29.3 Å². The molecule has 0 aliphatic carbocycles. The number of benzene rings is 1. The first-order valence-corrected chi connectivity index (χ1v) is 7.24. The molecule has 2 amide bonds. The van der Waals surface area contributed by atoms with Crippen molar-refractivity contribution in [3.8, 4) is 0 Å². The second-order valence-corrected chi connectivity index (χ2v) is 6.02. The monoisotopic (exact) mass is 342 g/mol. The van der Waals surface area contributed by atoms with Crippen LogP contribution in [0.3, 0.4) is 0 Å². The first kappa shape index (κ1) is 15.0. The SMILES string of the molecule is CC1CCC(C(N)=O)CN1C(=O)c1cc(Br)ccc1F. The molecule has 1 aliphatic heterocycles. The summed E-state index contributed by atoms with van der Waals surface area (Å²) in [5, 5.41) is 0. The minimum absolute atomic E-state index is 0.0105. The molecule has 20 heavy (non-hydrogen) atoms. The summed E-state index contributed by atoms with van der Waals surface area (Å²) in [4.78, 5) is 25.3. The van der Waals surface area contributed by atoms with E-state index in [0.29, 0.717) is 17.3 Å². The molecule has 2 N–H and O–H groups in total. The Balaban J connectivity index is 2.26. The van der Waals surface area contributed by atoms with E-state index in [1.807, 2.05) is 6.92 Å². The molecule has 2 unspecified atom stereocenters. The Hall–Kier alpha value is -1.43. The lowest BCUT2D eigenvalue weighted by atomic mass is 9.92. The number of carbonyl (C=O) groups excluding carboxylic acids is 2. The first-order chi connectivity index (χ1) is 9.40. The van der Waals surface area contributed by atoms with Gasteiger partial charge in [0.2, 0.25) is 5.91 Å². The molecule has 1 aromatic carbocycles. The topological polar surface area (TPSA) is 63.4 Å². The number of halogens is 2. The molecule has 1 heterocycles. The van der Waals surface area contributed by atoms with E-state index < -0.39 is 17.6 Å². The summed E-state index contributed by atoms with van der Waals surface area (Å²) >= 11 is 3.23. The van der Waals surface area contributed by atoms with Crippen LogP contribution < -0.4 is 5.73 Å². The van der Waals surface area contributed by atoms with Crippen molar-refractivity contribution < 1.29 is 14.0 Å². The summed E-state index contributed by atoms with van der Waals surface area (Å²) < 4.78 is 14.4. The van der Waals surface area contributed by atoms with Crippen LogP contribution in [0.5, 0.6) is 0 Å². The molecule has 1 saturated heterocycles. The average Bonchev–Trinajstić information content (AvgIpc) is 2.41. The normalized spacial score (nSPS) is 22.6. The number of rotatable bonds is 2. The summed E-state index contributed by atoms with van der Waals surface area (Å²) in [7, 11) is 0. The Morgan fingerprint density at radius 3 is 2.75 bits per heavy atom. The summed E-state index contributed by atoms with van der Waals surface area (Å²) in [5.41, 5.74) is 5.32. The van der Waals surface area contributed by atoms with Gasteiger partial charge >= 0.3 is 0 Å². The predicted molar refractivity (Wildman–Crippen MR) is 76.5 cm³/mol. The summed E-state index contributed by atoms with van der Waals surface area (Å²) in [6.45, 7) is 2.15. The van der Waals surface area contributed by atoms with Crippen LogP contribution in [0, 0.1) is 11.7 Å². The quantitative estimate of drug-likeness (QED) is 0.896. The van der Waals surface area contributed by atoms with Gasteiger partial charge in [-0.1, -0.05) is 15.9 Å². The third-order valence-electron chi connectivity index (χ3n) is 3.70. The molecule has 0 radical (unpaired) electrons. The highest BCUT2D eigenvalue weighted by atomic mass is 79.9. The number of amides is 2. The van der Waals surface area contributed by atoms with E-state index in [-0.39, 0.29) is 24.1 Å². The Morgan fingerprint density at radius 1 is 1.40 bits per heavy atom. The van der Waals surface area contributed by atoms with Gasteiger partial charge in [-0.15, -0.1) is 0 Å². The number of carbonyl (C=O) groups is 2. The number of likely N-dealkylation sites (tertiary alicyclic amines) is 1. The van der Waals surface area contributed by atoms with E-state index in [4.69, 9.17) is 5.73 Å². The molecule has 0 spiro atoms. The summed E-state index contributed by atoms with van der Waals surface area (Å²) in [6.07, 6.45) is 1.36. The van der Waals surface area contributed by atoms with Crippen LogP contribution in [0.2, 0.25) is 0 Å². The van der Waals surface area contributed by atoms with E-state index >= 15 is 0 Å². The predicted octanol–water partition coefficient (Wildman–Crippen LogP) is 2.31. The minimum atomic E-state index is -0.563. The van der Waals surface area contributed by atoms with Gasteiger partial charge in [-0.25, -0.2) is 4.39 Å². The Kier molecular flexibility index (Phi) is 4.42. The summed E-state index contributed by atoms with van der Waals surface area (Å²) in [6, 6.07) is 4.21. The van der Waals surface area contributed by atoms with Gasteiger partial charge in [0.25, 0.3) is 5.91 Å². The van der Waals surface area contributed by atoms with Gasteiger partial charge in [-0.05, 0) is 38.0 Å². The first-order valence-electron chi connectivity index (χ1n) is 6.45. The number of primary amides is 1. The fraction of sp³-hybridized carbons (Fsp3) is 0.429. The van der Waals surface area contributed by atoms with E-state index in [2.05, 4.69) is 15.9 Å². The number of nitrogens with zero attached hydrogens (tertiary/aromatic N) is 1. The second-order valence-electron chi connectivity index (χ2n) is 5.11. The Labute approximate surface area is 125 Å². The second kappa shape index (κ2) is 5.91. The number of piperidine rings is 1. The smallest absolute Gasteiger partial charge is 0.257 e. The minimum Gasteiger partial charge on any atom is -0.369 e. The van der Waals surface area contributed by atoms with Crippen molar-refractivity contribution in [3.05, 3.63) is 34.1 Å². The van der Waals surface area contributed by atoms with Crippen molar-refractivity contribution in [2.75, 3.05) is 6.54 Å². The molecular weight excluding hydrogens is 327 g/mol. The zero-order chi connectivity index (χ0) is 14.9. The standard InChI is InChI=1S/C14H16BrFN2O2/c1-8-2-3-9(13(17)19)7-18(8)14(20)11-6-10(15)4-5-12(11)16/h4-6,8-9H,2-3,7H2,1H3,(H2,17,19). The van der Waals surface area contributed by atoms with Crippen LogP contribution in [-0.2, 0) is 4.79 Å². The highest BCUT2D eigenvalue weighted by Gasteiger charge is 2.33. The van der Waals surface area contributed by atoms with Gasteiger partial charge in [0, 0.05) is 17.1 Å². The lowest BCUT2D eigenvalue weighted by Gasteiger charge is -2.37. The molecule has 4 nitrogen and oxygen atoms in total. The van der Waals surface area contributed by atoms with Crippen molar-refractivity contribution in [3.63, 3.8) is 0 Å². The van der Waals surface area contributed by atoms with E-state index in [1.54, 1.807) is 0 Å². The Bertz CT molecular complexity index is 550. The molecule has 2 rings (SSSR count). The van der Waals surface area contributed by atoms with Gasteiger partial charge in [0.15, 0.2) is 0 Å². The van der Waals surface area contributed by atoms with Crippen LogP contribution in [0.1, 0.15) is 30.1 Å². The fourth-order valence-corrected chi connectivity index (χ4v) is 2.80. The highest BCUT2D eigenvalue weighted by molar-refractivity contribution is 9.10. The maximum Gasteiger partial charge on any atom is 0.257 e. The third-order valence-corrected chi connectivity index (χ3v) is 4.20. The van der Waals surface area contributed by atoms with Gasteiger partial charge in [0.05, 0.1) is 11.5 Å². The van der Waals surface area contributed by atoms with Gasteiger partial charge in [-0.3, -0.25) is 9.59 Å². The van der Waals surface area contributed by atoms with Crippen molar-refractivity contribution >= 4 is 27.7 Å². The molecule has 0 aromatic heterocycles. The van der Waals surface area contributed by atoms with E-state index in [0.717, 1.165) is 0 Å². The van der Waals surface area contributed by atoms with Gasteiger partial charge in [-0.2, -0.15) is 0 Å². The molecule has 2 atom stereocenters. The molecule has 108 valence electrons. The number of nitrogens with two attached hydrogens (primary N) is 1. The number of hydrogen-bond acceptors (Lipinski definition) is 2. The van der Waals surface area contributed by atoms with E-state index in [9.17, 15) is 14.0 Å². The molecule has 1 aliphatic rings. The van der Waals surface area contributed by atoms with Crippen LogP contribution in [0.15, 0.2) is 22.7 Å². The van der Waals surface area contributed by atoms with Crippen molar-refractivity contribution in [2.24, 2.45) is 11.7 Å². The third kappa shape index (κ3) is 3.00. The van der Waals surface area contributed by atoms with Crippen LogP contribution in [0.25, 0.3) is 0 Å². The van der Waals surface area contributed by atoms with Gasteiger partial charge < -0.3 is 10.6 Å². The fourth-order valence-electron chi connectivity index (χ4n) is 2.44. The maximum atomic E-state index is 13.8. The van der Waals surface area contributed by atoms with Crippen molar-refractivity contribution in [1.82, 2.24) is 4.90 Å². The molecule has 0 saturated carbocycles. The maximum absolute atomic E-state index is 13.8. The zero-order valence-electron chi connectivity index (χ0n) is 11.1. The molecule has 0 bridgehead atoms. The largest absolute Gasteiger partial charge is 0.369 e.